The van der Waals surface area contributed by atoms with Gasteiger partial charge in [-0.3, -0.25) is 23.8 Å². The van der Waals surface area contributed by atoms with Crippen LogP contribution in [0.2, 0.25) is 0 Å². The van der Waals surface area contributed by atoms with Gasteiger partial charge in [0, 0.05) is 18.7 Å². The summed E-state index contributed by atoms with van der Waals surface area (Å²) in [5.74, 6) is -1.30. The molecule has 1 saturated heterocycles. The SMILES string of the molecule is CO[C@@H]1[C@H](O)[C@@H](C(C)OP(=O)(N[C@@H](C)C(=O)OC(C)C)Oc2cccc3ccccc23)O[C@H]1N1C=CC(=O)CC1=O. The van der Waals surface area contributed by atoms with Crippen LogP contribution in [0, 0.1) is 0 Å². The fraction of sp³-hybridized carbons (Fsp3) is 0.464. The van der Waals surface area contributed by atoms with Gasteiger partial charge in [-0.05, 0) is 45.2 Å². The molecule has 0 radical (unpaired) electrons. The number of fused-ring (bicyclic) bond motifs is 1. The highest BCUT2D eigenvalue weighted by Gasteiger charge is 2.51. The normalized spacial score (nSPS) is 25.8. The zero-order valence-electron chi connectivity index (χ0n) is 23.5. The molecule has 222 valence electrons. The van der Waals surface area contributed by atoms with Gasteiger partial charge in [-0.15, -0.1) is 0 Å². The summed E-state index contributed by atoms with van der Waals surface area (Å²) < 4.78 is 42.9. The second kappa shape index (κ2) is 12.8. The number of hydrogen-bond acceptors (Lipinski definition) is 10. The van der Waals surface area contributed by atoms with Crippen molar-refractivity contribution in [2.75, 3.05) is 7.11 Å². The fourth-order valence-electron chi connectivity index (χ4n) is 4.70. The van der Waals surface area contributed by atoms with Crippen LogP contribution in [-0.4, -0.2) is 77.6 Å². The third-order valence-corrected chi connectivity index (χ3v) is 8.38. The van der Waals surface area contributed by atoms with E-state index in [0.29, 0.717) is 5.39 Å². The number of ether oxygens (including phenoxy) is 3. The summed E-state index contributed by atoms with van der Waals surface area (Å²) in [6.45, 7) is 6.35. The van der Waals surface area contributed by atoms with Crippen molar-refractivity contribution < 1.29 is 47.3 Å². The van der Waals surface area contributed by atoms with Crippen molar-refractivity contribution in [2.45, 2.75) is 76.9 Å². The Balaban J connectivity index is 1.60. The van der Waals surface area contributed by atoms with E-state index in [1.54, 1.807) is 38.1 Å². The van der Waals surface area contributed by atoms with E-state index >= 15 is 0 Å². The van der Waals surface area contributed by atoms with Gasteiger partial charge in [0.15, 0.2) is 12.0 Å². The number of hydrogen-bond donors (Lipinski definition) is 2. The number of nitrogens with zero attached hydrogens (tertiary/aromatic N) is 1. The molecule has 41 heavy (non-hydrogen) atoms. The molecule has 2 aliphatic rings. The first-order valence-corrected chi connectivity index (χ1v) is 14.8. The average molecular weight is 591 g/mol. The topological polar surface area (TPSA) is 150 Å². The van der Waals surface area contributed by atoms with E-state index < -0.39 is 62.4 Å². The van der Waals surface area contributed by atoms with Gasteiger partial charge in [-0.1, -0.05) is 36.4 Å². The number of nitrogens with one attached hydrogen (secondary N) is 1. The van der Waals surface area contributed by atoms with Gasteiger partial charge in [-0.2, -0.15) is 5.09 Å². The van der Waals surface area contributed by atoms with Crippen LogP contribution in [-0.2, 0) is 37.7 Å². The number of aliphatic hydroxyl groups excluding tert-OH is 1. The molecule has 0 saturated carbocycles. The molecule has 2 aliphatic heterocycles. The molecule has 2 heterocycles. The molecule has 1 amide bonds. The molecular weight excluding hydrogens is 555 g/mol. The molecule has 2 aromatic carbocycles. The Bertz CT molecular complexity index is 1360. The lowest BCUT2D eigenvalue weighted by molar-refractivity contribution is -0.151. The van der Waals surface area contributed by atoms with E-state index in [-0.39, 0.29) is 18.0 Å². The van der Waals surface area contributed by atoms with Gasteiger partial charge in [0.25, 0.3) is 0 Å². The predicted octanol–water partition coefficient (Wildman–Crippen LogP) is 3.08. The largest absolute Gasteiger partial charge is 0.462 e. The van der Waals surface area contributed by atoms with Crippen molar-refractivity contribution in [3.63, 3.8) is 0 Å². The molecular formula is C28H35N2O10P. The van der Waals surface area contributed by atoms with Crippen molar-refractivity contribution in [1.29, 1.82) is 0 Å². The van der Waals surface area contributed by atoms with E-state index in [4.69, 9.17) is 23.3 Å². The van der Waals surface area contributed by atoms with Crippen LogP contribution < -0.4 is 9.61 Å². The van der Waals surface area contributed by atoms with Crippen LogP contribution in [0.15, 0.2) is 54.7 Å². The van der Waals surface area contributed by atoms with Crippen LogP contribution in [0.3, 0.4) is 0 Å². The number of methoxy groups -OCH3 is 1. The minimum Gasteiger partial charge on any atom is -0.462 e. The first-order valence-electron chi connectivity index (χ1n) is 13.2. The number of rotatable bonds is 11. The van der Waals surface area contributed by atoms with E-state index in [0.717, 1.165) is 5.39 Å². The second-order valence-electron chi connectivity index (χ2n) is 10.2. The van der Waals surface area contributed by atoms with Crippen LogP contribution in [0.25, 0.3) is 10.8 Å². The molecule has 0 spiro atoms. The van der Waals surface area contributed by atoms with E-state index in [2.05, 4.69) is 5.09 Å². The van der Waals surface area contributed by atoms with Crippen LogP contribution in [0.4, 0.5) is 0 Å². The van der Waals surface area contributed by atoms with Gasteiger partial charge >= 0.3 is 13.7 Å². The van der Waals surface area contributed by atoms with Crippen LogP contribution in [0.1, 0.15) is 34.1 Å². The Hall–Kier alpha value is -3.12. The smallest absolute Gasteiger partial charge is 0.459 e. The van der Waals surface area contributed by atoms with Crippen molar-refractivity contribution in [3.8, 4) is 5.75 Å². The Morgan fingerprint density at radius 3 is 2.51 bits per heavy atom. The average Bonchev–Trinajstić information content (AvgIpc) is 3.24. The monoisotopic (exact) mass is 590 g/mol. The van der Waals surface area contributed by atoms with Gasteiger partial charge in [0.2, 0.25) is 5.91 Å². The maximum absolute atomic E-state index is 14.3. The summed E-state index contributed by atoms with van der Waals surface area (Å²) >= 11 is 0. The molecule has 4 rings (SSSR count). The maximum atomic E-state index is 14.3. The van der Waals surface area contributed by atoms with Gasteiger partial charge < -0.3 is 23.8 Å². The molecule has 2 N–H and O–H groups in total. The Labute approximate surface area is 238 Å². The number of amides is 1. The number of carbonyl (C=O) groups excluding carboxylic acids is 3. The number of ketones is 1. The highest BCUT2D eigenvalue weighted by atomic mass is 31.2. The molecule has 0 bridgehead atoms. The number of allylic oxidation sites excluding steroid dienone is 1. The lowest BCUT2D eigenvalue weighted by Gasteiger charge is -2.31. The minimum absolute atomic E-state index is 0.241. The minimum atomic E-state index is -4.36. The van der Waals surface area contributed by atoms with E-state index in [1.807, 2.05) is 18.2 Å². The number of carbonyl (C=O) groups is 3. The Morgan fingerprint density at radius 1 is 1.12 bits per heavy atom. The Kier molecular flexibility index (Phi) is 9.63. The van der Waals surface area contributed by atoms with Gasteiger partial charge in [0.1, 0.15) is 30.1 Å². The highest BCUT2D eigenvalue weighted by molar-refractivity contribution is 7.52. The summed E-state index contributed by atoms with van der Waals surface area (Å²) in [7, 11) is -3.01. The number of benzene rings is 2. The molecule has 7 atom stereocenters. The molecule has 2 unspecified atom stereocenters. The number of esters is 1. The third-order valence-electron chi connectivity index (χ3n) is 6.62. The highest BCUT2D eigenvalue weighted by Crippen LogP contribution is 2.49. The summed E-state index contributed by atoms with van der Waals surface area (Å²) in [6, 6.07) is 11.4. The summed E-state index contributed by atoms with van der Waals surface area (Å²) in [5, 5.41) is 15.2. The molecule has 0 aliphatic carbocycles. The van der Waals surface area contributed by atoms with Crippen molar-refractivity contribution in [2.24, 2.45) is 0 Å². The zero-order chi connectivity index (χ0) is 29.9. The predicted molar refractivity (Wildman–Crippen MR) is 148 cm³/mol. The lowest BCUT2D eigenvalue weighted by atomic mass is 10.1. The second-order valence-corrected chi connectivity index (χ2v) is 11.8. The lowest BCUT2D eigenvalue weighted by Crippen LogP contribution is -2.47. The van der Waals surface area contributed by atoms with Gasteiger partial charge in [-0.25, -0.2) is 4.57 Å². The van der Waals surface area contributed by atoms with E-state index in [1.165, 1.54) is 38.1 Å². The molecule has 0 aromatic heterocycles. The first kappa shape index (κ1) is 30.8. The summed E-state index contributed by atoms with van der Waals surface area (Å²) in [5.41, 5.74) is 0. The van der Waals surface area contributed by atoms with E-state index in [9.17, 15) is 24.1 Å². The standard InChI is InChI=1S/C28H35N2O10P/c1-16(2)37-28(34)17(3)29-41(35,40-22-12-8-10-19-9-6-7-11-21(19)22)39-18(4)25-24(33)26(36-5)27(38-25)30-14-13-20(31)15-23(30)32/h6-14,16-18,24-27,33H,15H2,1-5H3,(H,29,35)/t17-,18?,24+,25+,26+,27+,41?/m0/s1. The molecule has 2 aromatic rings. The van der Waals surface area contributed by atoms with Crippen molar-refractivity contribution >= 4 is 36.2 Å². The van der Waals surface area contributed by atoms with Gasteiger partial charge in [0.05, 0.1) is 18.6 Å². The fourth-order valence-corrected chi connectivity index (χ4v) is 6.41. The zero-order valence-corrected chi connectivity index (χ0v) is 24.4. The van der Waals surface area contributed by atoms with Crippen LogP contribution >= 0.6 is 7.75 Å². The van der Waals surface area contributed by atoms with Crippen molar-refractivity contribution in [1.82, 2.24) is 9.99 Å². The third kappa shape index (κ3) is 7.03. The molecule has 13 heteroatoms. The number of aliphatic hydroxyl groups is 1. The Morgan fingerprint density at radius 2 is 1.83 bits per heavy atom. The summed E-state index contributed by atoms with van der Waals surface area (Å²) in [6.07, 6.45) is -3.85. The first-order chi connectivity index (χ1) is 19.4. The quantitative estimate of drug-likeness (QED) is 0.226. The van der Waals surface area contributed by atoms with Crippen LogP contribution in [0.5, 0.6) is 5.75 Å². The van der Waals surface area contributed by atoms with Crippen molar-refractivity contribution in [3.05, 3.63) is 54.7 Å². The molecule has 1 fully saturated rings. The maximum Gasteiger partial charge on any atom is 0.459 e. The molecule has 12 nitrogen and oxygen atoms in total. The summed E-state index contributed by atoms with van der Waals surface area (Å²) in [4.78, 5) is 37.9.